The van der Waals surface area contributed by atoms with Gasteiger partial charge < -0.3 is 20.4 Å². The number of hydrogen-bond donors (Lipinski definition) is 2. The van der Waals surface area contributed by atoms with Gasteiger partial charge in [-0.25, -0.2) is 4.99 Å². The monoisotopic (exact) mass is 427 g/mol. The van der Waals surface area contributed by atoms with Crippen LogP contribution in [0.2, 0.25) is 0 Å². The number of benzene rings is 1. The smallest absolute Gasteiger partial charge is 0.230 e. The van der Waals surface area contributed by atoms with E-state index in [0.29, 0.717) is 26.1 Å². The Morgan fingerprint density at radius 1 is 1.16 bits per heavy atom. The van der Waals surface area contributed by atoms with Gasteiger partial charge in [-0.1, -0.05) is 37.1 Å². The van der Waals surface area contributed by atoms with Crippen molar-refractivity contribution in [2.75, 3.05) is 33.7 Å². The SMILES string of the molecule is CCNC(=NCc1cccc(CN2CCCC2=O)c1)NCC1(C(=O)N(C)C)CCCC1. The highest BCUT2D eigenvalue weighted by Gasteiger charge is 2.42. The Labute approximate surface area is 186 Å². The fourth-order valence-electron chi connectivity index (χ4n) is 4.68. The standard InChI is InChI=1S/C24H37N5O2/c1-4-25-23(27-18-24(12-5-6-13-24)22(31)28(2)3)26-16-19-9-7-10-20(15-19)17-29-14-8-11-21(29)30/h7,9-10,15H,4-6,8,11-14,16-18H2,1-3H3,(H2,25,26,27). The van der Waals surface area contributed by atoms with Crippen molar-refractivity contribution < 1.29 is 9.59 Å². The summed E-state index contributed by atoms with van der Waals surface area (Å²) in [7, 11) is 3.68. The lowest BCUT2D eigenvalue weighted by molar-refractivity contribution is -0.138. The molecule has 0 spiro atoms. The maximum atomic E-state index is 12.8. The Balaban J connectivity index is 1.63. The van der Waals surface area contributed by atoms with E-state index in [1.165, 1.54) is 0 Å². The van der Waals surface area contributed by atoms with E-state index in [9.17, 15) is 9.59 Å². The van der Waals surface area contributed by atoms with Crippen LogP contribution in [0.15, 0.2) is 29.3 Å². The number of rotatable bonds is 8. The van der Waals surface area contributed by atoms with Crippen molar-refractivity contribution in [1.29, 1.82) is 0 Å². The van der Waals surface area contributed by atoms with E-state index in [2.05, 4.69) is 28.8 Å². The summed E-state index contributed by atoms with van der Waals surface area (Å²) in [4.78, 5) is 33.1. The summed E-state index contributed by atoms with van der Waals surface area (Å²) in [5.74, 6) is 1.19. The summed E-state index contributed by atoms with van der Waals surface area (Å²) < 4.78 is 0. The molecule has 1 heterocycles. The van der Waals surface area contributed by atoms with Gasteiger partial charge in [-0.2, -0.15) is 0 Å². The Hall–Kier alpha value is -2.57. The summed E-state index contributed by atoms with van der Waals surface area (Å²) in [6.45, 7) is 5.48. The first kappa shape index (κ1) is 23.1. The lowest BCUT2D eigenvalue weighted by atomic mass is 9.84. The summed E-state index contributed by atoms with van der Waals surface area (Å²) in [6, 6.07) is 8.30. The molecular weight excluding hydrogens is 390 g/mol. The third-order valence-electron chi connectivity index (χ3n) is 6.31. The second kappa shape index (κ2) is 10.6. The van der Waals surface area contributed by atoms with Crippen molar-refractivity contribution >= 4 is 17.8 Å². The average molecular weight is 428 g/mol. The molecule has 1 aliphatic carbocycles. The zero-order valence-electron chi connectivity index (χ0n) is 19.2. The predicted molar refractivity (Wildman–Crippen MR) is 124 cm³/mol. The van der Waals surface area contributed by atoms with Crippen LogP contribution in [0.1, 0.15) is 56.6 Å². The molecule has 0 atom stereocenters. The van der Waals surface area contributed by atoms with Gasteiger partial charge in [0.25, 0.3) is 0 Å². The number of nitrogens with one attached hydrogen (secondary N) is 2. The molecule has 0 aromatic heterocycles. The molecular formula is C24H37N5O2. The van der Waals surface area contributed by atoms with Gasteiger partial charge in [-0.05, 0) is 37.3 Å². The molecule has 31 heavy (non-hydrogen) atoms. The second-order valence-corrected chi connectivity index (χ2v) is 8.97. The van der Waals surface area contributed by atoms with Gasteiger partial charge in [0.05, 0.1) is 12.0 Å². The normalized spacial score (nSPS) is 18.4. The van der Waals surface area contributed by atoms with Crippen LogP contribution < -0.4 is 10.6 Å². The topological polar surface area (TPSA) is 77.0 Å². The quantitative estimate of drug-likeness (QED) is 0.494. The van der Waals surface area contributed by atoms with E-state index in [-0.39, 0.29) is 17.2 Å². The number of amides is 2. The van der Waals surface area contributed by atoms with Crippen LogP contribution in [0, 0.1) is 5.41 Å². The van der Waals surface area contributed by atoms with E-state index in [4.69, 9.17) is 4.99 Å². The molecule has 2 fully saturated rings. The minimum Gasteiger partial charge on any atom is -0.357 e. The predicted octanol–water partition coefficient (Wildman–Crippen LogP) is 2.51. The van der Waals surface area contributed by atoms with Crippen LogP contribution >= 0.6 is 0 Å². The summed E-state index contributed by atoms with van der Waals surface area (Å²) in [5, 5.41) is 6.73. The second-order valence-electron chi connectivity index (χ2n) is 8.97. The molecule has 0 radical (unpaired) electrons. The summed E-state index contributed by atoms with van der Waals surface area (Å²) >= 11 is 0. The molecule has 2 aliphatic rings. The van der Waals surface area contributed by atoms with Crippen LogP contribution in [0.25, 0.3) is 0 Å². The highest BCUT2D eigenvalue weighted by Crippen LogP contribution is 2.38. The number of nitrogens with zero attached hydrogens (tertiary/aromatic N) is 3. The van der Waals surface area contributed by atoms with E-state index in [1.54, 1.807) is 4.90 Å². The Morgan fingerprint density at radius 2 is 1.90 bits per heavy atom. The number of carbonyl (C=O) groups excluding carboxylic acids is 2. The molecule has 2 amide bonds. The molecule has 170 valence electrons. The van der Waals surface area contributed by atoms with Crippen LogP contribution in [0.3, 0.4) is 0 Å². The zero-order chi connectivity index (χ0) is 22.3. The molecule has 1 aromatic carbocycles. The third kappa shape index (κ3) is 5.99. The fraction of sp³-hybridized carbons (Fsp3) is 0.625. The number of guanidine groups is 1. The van der Waals surface area contributed by atoms with E-state index >= 15 is 0 Å². The van der Waals surface area contributed by atoms with Crippen LogP contribution in [0.5, 0.6) is 0 Å². The lowest BCUT2D eigenvalue weighted by Gasteiger charge is -2.31. The van der Waals surface area contributed by atoms with E-state index < -0.39 is 0 Å². The van der Waals surface area contributed by atoms with Gasteiger partial charge in [-0.15, -0.1) is 0 Å². The average Bonchev–Trinajstić information content (AvgIpc) is 3.40. The van der Waals surface area contributed by atoms with Gasteiger partial charge in [0.1, 0.15) is 0 Å². The molecule has 0 bridgehead atoms. The first-order valence-electron chi connectivity index (χ1n) is 11.5. The fourth-order valence-corrected chi connectivity index (χ4v) is 4.68. The molecule has 7 heteroatoms. The van der Waals surface area contributed by atoms with Crippen molar-refractivity contribution in [3.05, 3.63) is 35.4 Å². The van der Waals surface area contributed by atoms with Gasteiger partial charge in [0.15, 0.2) is 5.96 Å². The maximum Gasteiger partial charge on any atom is 0.230 e. The Morgan fingerprint density at radius 3 is 2.55 bits per heavy atom. The van der Waals surface area contributed by atoms with Gasteiger partial charge in [0, 0.05) is 46.7 Å². The highest BCUT2D eigenvalue weighted by atomic mass is 16.2. The van der Waals surface area contributed by atoms with Crippen molar-refractivity contribution in [3.63, 3.8) is 0 Å². The van der Waals surface area contributed by atoms with Crippen LogP contribution in [-0.2, 0) is 22.7 Å². The molecule has 0 unspecified atom stereocenters. The highest BCUT2D eigenvalue weighted by molar-refractivity contribution is 5.85. The summed E-state index contributed by atoms with van der Waals surface area (Å²) in [6.07, 6.45) is 5.67. The van der Waals surface area contributed by atoms with Crippen molar-refractivity contribution in [2.24, 2.45) is 10.4 Å². The minimum absolute atomic E-state index is 0.206. The van der Waals surface area contributed by atoms with E-state index in [0.717, 1.165) is 62.3 Å². The Bertz CT molecular complexity index is 799. The molecule has 3 rings (SSSR count). The Kier molecular flexibility index (Phi) is 7.93. The van der Waals surface area contributed by atoms with Crippen LogP contribution in [0.4, 0.5) is 0 Å². The first-order valence-corrected chi connectivity index (χ1v) is 11.5. The number of likely N-dealkylation sites (tertiary alicyclic amines) is 1. The van der Waals surface area contributed by atoms with Gasteiger partial charge in [0.2, 0.25) is 11.8 Å². The molecule has 1 aliphatic heterocycles. The maximum absolute atomic E-state index is 12.8. The zero-order valence-corrected chi connectivity index (χ0v) is 19.2. The molecule has 1 saturated carbocycles. The van der Waals surface area contributed by atoms with Crippen molar-refractivity contribution in [1.82, 2.24) is 20.4 Å². The van der Waals surface area contributed by atoms with Crippen molar-refractivity contribution in [3.8, 4) is 0 Å². The molecule has 1 saturated heterocycles. The van der Waals surface area contributed by atoms with Crippen molar-refractivity contribution in [2.45, 2.75) is 58.5 Å². The number of hydrogen-bond acceptors (Lipinski definition) is 3. The number of carbonyl (C=O) groups is 2. The molecule has 1 aromatic rings. The first-order chi connectivity index (χ1) is 14.9. The van der Waals surface area contributed by atoms with Gasteiger partial charge in [-0.3, -0.25) is 9.59 Å². The largest absolute Gasteiger partial charge is 0.357 e. The minimum atomic E-state index is -0.331. The number of aliphatic imine (C=N–C) groups is 1. The summed E-state index contributed by atoms with van der Waals surface area (Å²) in [5.41, 5.74) is 1.92. The van der Waals surface area contributed by atoms with Crippen LogP contribution in [-0.4, -0.2) is 61.3 Å². The lowest BCUT2D eigenvalue weighted by Crippen LogP contribution is -2.49. The van der Waals surface area contributed by atoms with E-state index in [1.807, 2.05) is 32.0 Å². The van der Waals surface area contributed by atoms with Gasteiger partial charge >= 0.3 is 0 Å². The third-order valence-corrected chi connectivity index (χ3v) is 6.31. The molecule has 7 nitrogen and oxygen atoms in total. The molecule has 2 N–H and O–H groups in total.